The third-order valence-corrected chi connectivity index (χ3v) is 3.97. The molecule has 1 fully saturated rings. The summed E-state index contributed by atoms with van der Waals surface area (Å²) in [5.41, 5.74) is 4.34. The second-order valence-corrected chi connectivity index (χ2v) is 5.94. The number of nitrogens with zero attached hydrogens (tertiary/aromatic N) is 3. The average molecular weight is 365 g/mol. The second kappa shape index (κ2) is 10.1. The van der Waals surface area contributed by atoms with Crippen LogP contribution in [0.3, 0.4) is 0 Å². The Morgan fingerprint density at radius 2 is 2.00 bits per heavy atom. The van der Waals surface area contributed by atoms with Crippen LogP contribution in [-0.4, -0.2) is 50.0 Å². The van der Waals surface area contributed by atoms with E-state index in [1.54, 1.807) is 18.5 Å². The number of allylic oxidation sites excluding steroid dienone is 1. The first-order valence-corrected chi connectivity index (χ1v) is 8.87. The minimum atomic E-state index is -0.225. The number of carbonyl (C=O) groups excluding carboxylic acids is 1. The van der Waals surface area contributed by atoms with Crippen molar-refractivity contribution >= 4 is 29.7 Å². The summed E-state index contributed by atoms with van der Waals surface area (Å²) in [4.78, 5) is 18.4. The van der Waals surface area contributed by atoms with Crippen LogP contribution in [0.4, 0.5) is 11.5 Å². The second-order valence-electron chi connectivity index (χ2n) is 5.94. The molecular formula is C20H23N5O2. The largest absolute Gasteiger partial charge is 0.378 e. The quantitative estimate of drug-likeness (QED) is 0.581. The van der Waals surface area contributed by atoms with Crippen LogP contribution >= 0.6 is 0 Å². The SMILES string of the molecule is O=C(CNc1ccc(N2CCOCC2)nc1)N/N=C/C=C/c1ccccc1. The van der Waals surface area contributed by atoms with Crippen LogP contribution in [0.15, 0.2) is 59.8 Å². The lowest BCUT2D eigenvalue weighted by Crippen LogP contribution is -2.36. The number of benzene rings is 1. The lowest BCUT2D eigenvalue weighted by Gasteiger charge is -2.27. The Balaban J connectivity index is 1.38. The highest BCUT2D eigenvalue weighted by atomic mass is 16.5. The standard InChI is InChI=1S/C20H23N5O2/c26-20(24-23-10-4-7-17-5-2-1-3-6-17)16-21-18-8-9-19(22-15-18)25-11-13-27-14-12-25/h1-10,15,21H,11-14,16H2,(H,24,26)/b7-4+,23-10+. The van der Waals surface area contributed by atoms with Gasteiger partial charge in [-0.15, -0.1) is 0 Å². The van der Waals surface area contributed by atoms with Crippen LogP contribution in [0.5, 0.6) is 0 Å². The molecule has 2 aromatic rings. The molecule has 1 aliphatic rings. The number of anilines is 2. The predicted molar refractivity (Wildman–Crippen MR) is 108 cm³/mol. The summed E-state index contributed by atoms with van der Waals surface area (Å²) in [7, 11) is 0. The molecule has 2 N–H and O–H groups in total. The highest BCUT2D eigenvalue weighted by molar-refractivity contribution is 5.83. The van der Waals surface area contributed by atoms with Crippen molar-refractivity contribution in [1.82, 2.24) is 10.4 Å². The molecule has 0 spiro atoms. The Labute approximate surface area is 158 Å². The maximum atomic E-state index is 11.8. The maximum Gasteiger partial charge on any atom is 0.259 e. The lowest BCUT2D eigenvalue weighted by atomic mass is 10.2. The predicted octanol–water partition coefficient (Wildman–Crippen LogP) is 2.15. The molecule has 7 nitrogen and oxygen atoms in total. The zero-order valence-electron chi connectivity index (χ0n) is 15.0. The zero-order valence-corrected chi connectivity index (χ0v) is 15.0. The fourth-order valence-corrected chi connectivity index (χ4v) is 2.56. The van der Waals surface area contributed by atoms with Crippen molar-refractivity contribution in [2.24, 2.45) is 5.10 Å². The average Bonchev–Trinajstić information content (AvgIpc) is 2.74. The van der Waals surface area contributed by atoms with Gasteiger partial charge in [-0.05, 0) is 23.8 Å². The van der Waals surface area contributed by atoms with E-state index in [0.717, 1.165) is 43.4 Å². The van der Waals surface area contributed by atoms with E-state index in [4.69, 9.17) is 4.74 Å². The fourth-order valence-electron chi connectivity index (χ4n) is 2.56. The number of pyridine rings is 1. The van der Waals surface area contributed by atoms with Crippen molar-refractivity contribution in [2.75, 3.05) is 43.1 Å². The molecule has 1 aromatic heterocycles. The molecule has 0 unspecified atom stereocenters. The van der Waals surface area contributed by atoms with Gasteiger partial charge in [-0.3, -0.25) is 4.79 Å². The highest BCUT2D eigenvalue weighted by Gasteiger charge is 2.11. The first kappa shape index (κ1) is 18.6. The van der Waals surface area contributed by atoms with Gasteiger partial charge in [0.25, 0.3) is 5.91 Å². The normalized spacial score (nSPS) is 14.6. The van der Waals surface area contributed by atoms with Crippen molar-refractivity contribution < 1.29 is 9.53 Å². The van der Waals surface area contributed by atoms with Crippen LogP contribution in [0.25, 0.3) is 6.08 Å². The van der Waals surface area contributed by atoms with Crippen LogP contribution in [0, 0.1) is 0 Å². The summed E-state index contributed by atoms with van der Waals surface area (Å²) in [6.07, 6.45) is 6.96. The number of hydrogen-bond acceptors (Lipinski definition) is 6. The van der Waals surface area contributed by atoms with E-state index in [1.165, 1.54) is 0 Å². The van der Waals surface area contributed by atoms with E-state index in [-0.39, 0.29) is 12.5 Å². The Bertz CT molecular complexity index is 769. The number of hydrazone groups is 1. The molecule has 0 aliphatic carbocycles. The van der Waals surface area contributed by atoms with Crippen molar-refractivity contribution in [2.45, 2.75) is 0 Å². The smallest absolute Gasteiger partial charge is 0.259 e. The number of ether oxygens (including phenoxy) is 1. The summed E-state index contributed by atoms with van der Waals surface area (Å²) in [5.74, 6) is 0.694. The van der Waals surface area contributed by atoms with Gasteiger partial charge in [0.2, 0.25) is 0 Å². The Morgan fingerprint density at radius 1 is 1.19 bits per heavy atom. The molecule has 0 atom stereocenters. The number of rotatable bonds is 7. The van der Waals surface area contributed by atoms with Gasteiger partial charge in [0.15, 0.2) is 0 Å². The number of amides is 1. The molecule has 1 amide bonds. The topological polar surface area (TPSA) is 78.9 Å². The van der Waals surface area contributed by atoms with Gasteiger partial charge in [-0.1, -0.05) is 36.4 Å². The van der Waals surface area contributed by atoms with Gasteiger partial charge in [0.1, 0.15) is 5.82 Å². The molecule has 7 heteroatoms. The van der Waals surface area contributed by atoms with E-state index in [0.29, 0.717) is 0 Å². The van der Waals surface area contributed by atoms with Gasteiger partial charge in [0.05, 0.1) is 31.6 Å². The first-order valence-electron chi connectivity index (χ1n) is 8.87. The van der Waals surface area contributed by atoms with Crippen molar-refractivity contribution in [1.29, 1.82) is 0 Å². The Kier molecular flexibility index (Phi) is 6.94. The molecule has 140 valence electrons. The van der Waals surface area contributed by atoms with Gasteiger partial charge >= 0.3 is 0 Å². The summed E-state index contributed by atoms with van der Waals surface area (Å²) < 4.78 is 5.34. The van der Waals surface area contributed by atoms with Crippen molar-refractivity contribution in [3.05, 3.63) is 60.3 Å². The molecular weight excluding hydrogens is 342 g/mol. The molecule has 1 aliphatic heterocycles. The highest BCUT2D eigenvalue weighted by Crippen LogP contribution is 2.15. The Morgan fingerprint density at radius 3 is 2.74 bits per heavy atom. The van der Waals surface area contributed by atoms with Crippen LogP contribution < -0.4 is 15.6 Å². The lowest BCUT2D eigenvalue weighted by molar-refractivity contribution is -0.119. The molecule has 1 saturated heterocycles. The Hall–Kier alpha value is -3.19. The van der Waals surface area contributed by atoms with Gasteiger partial charge in [-0.25, -0.2) is 10.4 Å². The van der Waals surface area contributed by atoms with Crippen molar-refractivity contribution in [3.63, 3.8) is 0 Å². The van der Waals surface area contributed by atoms with E-state index in [9.17, 15) is 4.79 Å². The molecule has 0 bridgehead atoms. The van der Waals surface area contributed by atoms with E-state index >= 15 is 0 Å². The van der Waals surface area contributed by atoms with Gasteiger partial charge in [-0.2, -0.15) is 5.10 Å². The van der Waals surface area contributed by atoms with Crippen LogP contribution in [0.1, 0.15) is 5.56 Å². The number of carbonyl (C=O) groups is 1. The maximum absolute atomic E-state index is 11.8. The minimum absolute atomic E-state index is 0.123. The molecule has 27 heavy (non-hydrogen) atoms. The number of aromatic nitrogens is 1. The summed E-state index contributed by atoms with van der Waals surface area (Å²) in [6.45, 7) is 3.27. The molecule has 0 radical (unpaired) electrons. The van der Waals surface area contributed by atoms with Gasteiger partial charge < -0.3 is 15.0 Å². The molecule has 3 rings (SSSR count). The number of nitrogens with one attached hydrogen (secondary N) is 2. The third kappa shape index (κ3) is 6.23. The summed E-state index contributed by atoms with van der Waals surface area (Å²) in [6, 6.07) is 13.7. The fraction of sp³-hybridized carbons (Fsp3) is 0.250. The first-order chi connectivity index (χ1) is 13.3. The third-order valence-electron chi connectivity index (χ3n) is 3.97. The monoisotopic (exact) mass is 365 g/mol. The molecule has 1 aromatic carbocycles. The number of morpholine rings is 1. The van der Waals surface area contributed by atoms with Crippen LogP contribution in [0.2, 0.25) is 0 Å². The summed E-state index contributed by atoms with van der Waals surface area (Å²) in [5, 5.41) is 6.92. The van der Waals surface area contributed by atoms with Gasteiger partial charge in [0, 0.05) is 19.3 Å². The molecule has 2 heterocycles. The summed E-state index contributed by atoms with van der Waals surface area (Å²) >= 11 is 0. The minimum Gasteiger partial charge on any atom is -0.378 e. The van der Waals surface area contributed by atoms with E-state index in [2.05, 4.69) is 25.7 Å². The van der Waals surface area contributed by atoms with Crippen molar-refractivity contribution in [3.8, 4) is 0 Å². The zero-order chi connectivity index (χ0) is 18.7. The van der Waals surface area contributed by atoms with E-state index < -0.39 is 0 Å². The van der Waals surface area contributed by atoms with Crippen LogP contribution in [-0.2, 0) is 9.53 Å². The molecule has 0 saturated carbocycles. The number of hydrogen-bond donors (Lipinski definition) is 2. The van der Waals surface area contributed by atoms with E-state index in [1.807, 2.05) is 48.5 Å².